The van der Waals surface area contributed by atoms with Crippen LogP contribution in [0.3, 0.4) is 0 Å². The Balaban J connectivity index is 0.559. The van der Waals surface area contributed by atoms with Gasteiger partial charge in [-0.3, -0.25) is 24.0 Å². The van der Waals surface area contributed by atoms with Gasteiger partial charge < -0.3 is 103 Å². The number of esters is 1. The Morgan fingerprint density at radius 2 is 1.44 bits per heavy atom. The van der Waals surface area contributed by atoms with E-state index in [4.69, 9.17) is 77.0 Å². The van der Waals surface area contributed by atoms with Gasteiger partial charge >= 0.3 is 5.97 Å². The van der Waals surface area contributed by atoms with Crippen LogP contribution < -0.4 is 21.1 Å². The molecule has 3 aliphatic heterocycles. The van der Waals surface area contributed by atoms with Crippen LogP contribution in [0.25, 0.3) is 27.8 Å². The fraction of sp³-hybridized carbons (Fsp3) is 0.698. The number of amides is 3. The lowest BCUT2D eigenvalue weighted by atomic mass is 9.78. The largest absolute Gasteiger partial charge is 0.495 e. The number of anilines is 1. The number of unbranched alkanes of at least 4 members (excludes halogenated alkanes) is 1. The molecule has 0 spiro atoms. The molecule has 10 rings (SSSR count). The molecule has 0 unspecified atom stereocenters. The summed E-state index contributed by atoms with van der Waals surface area (Å²) >= 11 is 0. The molecular weight excluding hydrogens is 1670 g/mol. The second-order valence-electron chi connectivity index (χ2n) is 35.7. The lowest BCUT2D eigenvalue weighted by molar-refractivity contribution is -0.265. The van der Waals surface area contributed by atoms with Gasteiger partial charge in [0.2, 0.25) is 17.6 Å². The Bertz CT molecular complexity index is 4470. The van der Waals surface area contributed by atoms with Crippen molar-refractivity contribution in [2.75, 3.05) is 147 Å². The van der Waals surface area contributed by atoms with E-state index >= 15 is 0 Å². The molecule has 4 fully saturated rings. The maximum atomic E-state index is 15.0. The third-order valence-electron chi connectivity index (χ3n) is 26.2. The van der Waals surface area contributed by atoms with Gasteiger partial charge in [0.15, 0.2) is 11.6 Å². The number of aliphatic hydroxyl groups is 2. The minimum atomic E-state index is -2.44. The SMILES string of the molecule is COc1cccc2cc(-c3nc(C4CCC(C(=O)NCCOCCOCCNC(=O)CCOCCOCCOCCOCCn5cc(CCCCO[C@@H]6CC[C@@H](C[C@@H](C)[C@@H]7C[C@@H](OC)[C@H](C)/C=C(\C)[C@@H](O)[C@@H](OC)C(=O)[C@H](C)C[C@H](C)/C=C/C=C/C=C(\C)[C@@H](OC)C[C@@H]8CC[C@@H](C)[C@@](O)(O8)C(=O)C(=O)N8CCCC[C@H]8C(=O)O7)C[C@H]6OC)nn5)CC4)n4ncnc(N)c34)[nH]c12. The summed E-state index contributed by atoms with van der Waals surface area (Å²) in [4.78, 5) is 97.7. The summed E-state index contributed by atoms with van der Waals surface area (Å²) in [6, 6.07) is 6.77. The van der Waals surface area contributed by atoms with E-state index in [0.717, 1.165) is 84.4 Å². The van der Waals surface area contributed by atoms with E-state index < -0.39 is 77.9 Å². The number of benzene rings is 1. The number of aromatic amines is 1. The van der Waals surface area contributed by atoms with Gasteiger partial charge in [-0.15, -0.1) is 5.10 Å². The third kappa shape index (κ3) is 30.1. The van der Waals surface area contributed by atoms with Crippen molar-refractivity contribution in [3.63, 3.8) is 0 Å². The monoisotopic (exact) mass is 1820 g/mol. The zero-order valence-corrected chi connectivity index (χ0v) is 78.6. The van der Waals surface area contributed by atoms with Crippen molar-refractivity contribution in [3.05, 3.63) is 95.9 Å². The number of hydrogen-bond donors (Lipinski definition) is 6. The Morgan fingerprint density at radius 3 is 2.15 bits per heavy atom. The van der Waals surface area contributed by atoms with Crippen LogP contribution in [0.2, 0.25) is 0 Å². The molecule has 34 nitrogen and oxygen atoms in total. The maximum absolute atomic E-state index is 15.0. The first-order valence-corrected chi connectivity index (χ1v) is 47.0. The highest BCUT2D eigenvalue weighted by atomic mass is 16.6. The Hall–Kier alpha value is -8.33. The van der Waals surface area contributed by atoms with Crippen LogP contribution in [0.4, 0.5) is 5.82 Å². The van der Waals surface area contributed by atoms with Crippen molar-refractivity contribution < 1.29 is 105 Å². The summed E-state index contributed by atoms with van der Waals surface area (Å²) in [5, 5.41) is 44.1. The van der Waals surface area contributed by atoms with Gasteiger partial charge in [0.1, 0.15) is 53.5 Å². The number of nitrogen functional groups attached to an aromatic ring is 1. The number of aromatic nitrogens is 8. The number of allylic oxidation sites excluding steroid dienone is 5. The highest BCUT2D eigenvalue weighted by Gasteiger charge is 2.53. The smallest absolute Gasteiger partial charge is 0.329 e. The van der Waals surface area contributed by atoms with Crippen molar-refractivity contribution in [2.24, 2.45) is 41.4 Å². The number of ketones is 2. The number of nitrogens with two attached hydrogens (primary N) is 1. The number of piperidine rings is 1. The number of H-pyrrole nitrogens is 1. The van der Waals surface area contributed by atoms with Crippen molar-refractivity contribution >= 4 is 57.5 Å². The van der Waals surface area contributed by atoms with E-state index in [1.54, 1.807) is 51.5 Å². The lowest BCUT2D eigenvalue weighted by Crippen LogP contribution is -2.61. The predicted molar refractivity (Wildman–Crippen MR) is 487 cm³/mol. The highest BCUT2D eigenvalue weighted by molar-refractivity contribution is 6.39. The molecule has 16 atom stereocenters. The van der Waals surface area contributed by atoms with Crippen molar-refractivity contribution in [1.29, 1.82) is 0 Å². The quantitative estimate of drug-likeness (QED) is 0.00916. The van der Waals surface area contributed by atoms with E-state index in [1.807, 2.05) is 94.6 Å². The Kier molecular flexibility index (Phi) is 42.7. The minimum absolute atomic E-state index is 0.0152. The average Bonchev–Trinajstić information content (AvgIpc) is 1.52. The standard InChI is InChI=1S/C96H146N12O22/c1-62-21-14-13-15-22-63(2)79(118-9)58-74-33-27-68(7)96(116,130-74)90(112)94(114)107-38-18-16-25-76(107)95(115)129-81(59-80(119-10)64(3)54-67(6)88(111)89(121-12)87(110)66(5)53-62)65(4)55-69-28-34-77(82(56-69)120-11)128-40-19-17-24-73-60-106(105-104-73)39-44-125-48-50-127-52-51-126-49-45-122-41-35-83(109)98-36-42-123-46-47-124-43-37-99-93(113)71-31-29-70(30-32-71)92-103-85(86-91(97)100-61-101-108(86)92)75-57-72-23-20-26-78(117-8)84(72)102-75/h13-15,20-23,26,54,57,60-62,64-66,68-71,74,76-77,79-82,88-89,102,111,116H,16-19,24-25,27-53,55-56,58-59H2,1-12H3,(H,98,109)(H,99,113)(H2,97,100,101)/b15-13+,21-14+,63-22+,67-54+/t62-,64-,65-,66-,68-,69+,70?,71?,74+,76+,77-,79+,80-,81+,82-,88-,89+,96-/m1/s1. The van der Waals surface area contributed by atoms with Crippen LogP contribution in [0.1, 0.15) is 188 Å². The number of carbonyl (C=O) groups is 6. The number of nitrogens with one attached hydrogen (secondary N) is 3. The first kappa shape index (κ1) is 104. The van der Waals surface area contributed by atoms with Gasteiger partial charge in [-0.05, 0) is 164 Å². The predicted octanol–water partition coefficient (Wildman–Crippen LogP) is 10.1. The molecule has 7 N–H and O–H groups in total. The molecule has 4 aromatic heterocycles. The van der Waals surface area contributed by atoms with Crippen molar-refractivity contribution in [1.82, 2.24) is 55.1 Å². The zero-order chi connectivity index (χ0) is 93.1. The van der Waals surface area contributed by atoms with E-state index in [9.17, 15) is 39.0 Å². The molecule has 2 bridgehead atoms. The van der Waals surface area contributed by atoms with Crippen molar-refractivity contribution in [2.45, 2.75) is 250 Å². The van der Waals surface area contributed by atoms with Crippen LogP contribution in [0, 0.1) is 41.4 Å². The molecule has 5 aromatic rings. The summed E-state index contributed by atoms with van der Waals surface area (Å²) in [6.07, 6.45) is 22.0. The summed E-state index contributed by atoms with van der Waals surface area (Å²) in [5.74, 6) is -5.21. The number of Topliss-reactive ketones (excluding diaryl/α,β-unsaturated/α-hetero) is 2. The first-order valence-electron chi connectivity index (χ1n) is 47.0. The second kappa shape index (κ2) is 53.5. The molecule has 2 saturated carbocycles. The van der Waals surface area contributed by atoms with E-state index in [-0.39, 0.29) is 97.7 Å². The topological polar surface area (TPSA) is 415 Å². The zero-order valence-electron chi connectivity index (χ0n) is 78.6. The number of imidazole rings is 1. The number of hydrogen-bond acceptors (Lipinski definition) is 28. The molecule has 1 aromatic carbocycles. The van der Waals surface area contributed by atoms with Gasteiger partial charge in [0, 0.05) is 115 Å². The number of aryl methyl sites for hydroxylation is 1. The molecule has 7 heterocycles. The fourth-order valence-corrected chi connectivity index (χ4v) is 18.6. The Morgan fingerprint density at radius 1 is 0.731 bits per heavy atom. The number of rotatable bonds is 41. The number of fused-ring (bicyclic) bond motifs is 5. The summed E-state index contributed by atoms with van der Waals surface area (Å²) in [6.45, 7) is 19.7. The van der Waals surface area contributed by atoms with Crippen LogP contribution in [0.15, 0.2) is 84.4 Å². The van der Waals surface area contributed by atoms with Crippen LogP contribution >= 0.6 is 0 Å². The summed E-state index contributed by atoms with van der Waals surface area (Å²) in [7, 11) is 7.97. The molecule has 3 amide bonds. The first-order chi connectivity index (χ1) is 62.9. The second-order valence-corrected chi connectivity index (χ2v) is 35.7. The van der Waals surface area contributed by atoms with Crippen LogP contribution in [-0.4, -0.2) is 292 Å². The number of methoxy groups -OCH3 is 5. The average molecular weight is 1820 g/mol. The third-order valence-corrected chi connectivity index (χ3v) is 26.2. The number of ether oxygens (including phenoxy) is 14. The molecule has 130 heavy (non-hydrogen) atoms. The fourth-order valence-electron chi connectivity index (χ4n) is 18.6. The summed E-state index contributed by atoms with van der Waals surface area (Å²) in [5.41, 5.74) is 11.7. The highest BCUT2D eigenvalue weighted by Crippen LogP contribution is 2.42. The van der Waals surface area contributed by atoms with Gasteiger partial charge in [0.25, 0.3) is 11.7 Å². The molecule has 2 saturated heterocycles. The number of nitrogens with zero attached hydrogens (tertiary/aromatic N) is 8. The maximum Gasteiger partial charge on any atom is 0.329 e. The van der Waals surface area contributed by atoms with Gasteiger partial charge in [-0.25, -0.2) is 24.0 Å². The minimum Gasteiger partial charge on any atom is -0.495 e. The molecule has 722 valence electrons. The van der Waals surface area contributed by atoms with E-state index in [0.29, 0.717) is 186 Å². The number of para-hydroxylation sites is 1. The van der Waals surface area contributed by atoms with Crippen molar-refractivity contribution in [3.8, 4) is 17.1 Å². The number of aliphatic hydroxyl groups excluding tert-OH is 1. The van der Waals surface area contributed by atoms with Gasteiger partial charge in [-0.1, -0.05) is 88.4 Å². The molecule has 34 heteroatoms. The Labute approximate surface area is 765 Å². The number of carbonyl (C=O) groups excluding carboxylic acids is 6. The summed E-state index contributed by atoms with van der Waals surface area (Å²) < 4.78 is 86.6. The molecule has 2 aliphatic carbocycles. The molecule has 5 aliphatic rings. The lowest BCUT2D eigenvalue weighted by Gasteiger charge is -2.43. The van der Waals surface area contributed by atoms with Gasteiger partial charge in [0.05, 0.1) is 140 Å². The normalized spacial score (nSPS) is 28.5. The molecule has 0 radical (unpaired) electrons. The van der Waals surface area contributed by atoms with Crippen LogP contribution in [0.5, 0.6) is 5.75 Å². The molecular formula is C96H146N12O22. The van der Waals surface area contributed by atoms with Crippen LogP contribution in [-0.2, 0) is 103 Å². The van der Waals surface area contributed by atoms with Gasteiger partial charge in [-0.2, -0.15) is 5.10 Å². The van der Waals surface area contributed by atoms with E-state index in [2.05, 4.69) is 42.9 Å². The number of cyclic esters (lactones) is 1. The van der Waals surface area contributed by atoms with E-state index in [1.165, 1.54) is 18.3 Å².